The largest absolute Gasteiger partial charge is 0.353 e. The third kappa shape index (κ3) is 3.68. The van der Waals surface area contributed by atoms with E-state index < -0.39 is 0 Å². The lowest BCUT2D eigenvalue weighted by Gasteiger charge is -2.30. The summed E-state index contributed by atoms with van der Waals surface area (Å²) in [6.07, 6.45) is 8.17. The summed E-state index contributed by atoms with van der Waals surface area (Å²) in [7, 11) is 0. The lowest BCUT2D eigenvalue weighted by molar-refractivity contribution is -0.127. The van der Waals surface area contributed by atoms with E-state index in [-0.39, 0.29) is 17.9 Å². The van der Waals surface area contributed by atoms with Crippen molar-refractivity contribution >= 4 is 5.91 Å². The van der Waals surface area contributed by atoms with Gasteiger partial charge < -0.3 is 16.8 Å². The molecule has 0 saturated heterocycles. The lowest BCUT2D eigenvalue weighted by atomic mass is 9.85. The van der Waals surface area contributed by atoms with Gasteiger partial charge in [0.15, 0.2) is 0 Å². The molecule has 98 valence electrons. The zero-order valence-corrected chi connectivity index (χ0v) is 10.5. The highest BCUT2D eigenvalue weighted by molar-refractivity contribution is 5.79. The molecule has 2 rings (SSSR count). The number of rotatable bonds is 2. The molecule has 2 atom stereocenters. The highest BCUT2D eigenvalue weighted by Gasteiger charge is 2.27. The van der Waals surface area contributed by atoms with Crippen molar-refractivity contribution in [2.24, 2.45) is 17.4 Å². The smallest absolute Gasteiger partial charge is 0.223 e. The number of hydrogen-bond donors (Lipinski definition) is 3. The third-order valence-electron chi connectivity index (χ3n) is 4.20. The SMILES string of the molecule is NC1CCC(NC(=O)C2CCCC(N)C2)CC1. The van der Waals surface area contributed by atoms with Crippen LogP contribution in [0.25, 0.3) is 0 Å². The second-order valence-corrected chi connectivity index (χ2v) is 5.74. The van der Waals surface area contributed by atoms with Gasteiger partial charge in [0.05, 0.1) is 0 Å². The maximum absolute atomic E-state index is 12.1. The molecule has 2 unspecified atom stereocenters. The minimum absolute atomic E-state index is 0.148. The maximum atomic E-state index is 12.1. The first-order chi connectivity index (χ1) is 8.15. The van der Waals surface area contributed by atoms with Crippen LogP contribution in [0.2, 0.25) is 0 Å². The van der Waals surface area contributed by atoms with Gasteiger partial charge in [-0.3, -0.25) is 4.79 Å². The number of amides is 1. The van der Waals surface area contributed by atoms with E-state index in [2.05, 4.69) is 5.32 Å². The molecule has 2 aliphatic rings. The van der Waals surface area contributed by atoms with E-state index in [4.69, 9.17) is 11.5 Å². The monoisotopic (exact) mass is 239 g/mol. The molecule has 17 heavy (non-hydrogen) atoms. The predicted molar refractivity (Wildman–Crippen MR) is 68.3 cm³/mol. The predicted octanol–water partition coefficient (Wildman–Crippen LogP) is 0.890. The summed E-state index contributed by atoms with van der Waals surface area (Å²) < 4.78 is 0. The van der Waals surface area contributed by atoms with Crippen LogP contribution in [0.3, 0.4) is 0 Å². The van der Waals surface area contributed by atoms with Crippen LogP contribution in [0, 0.1) is 5.92 Å². The fourth-order valence-electron chi connectivity index (χ4n) is 3.05. The van der Waals surface area contributed by atoms with Crippen molar-refractivity contribution < 1.29 is 4.79 Å². The topological polar surface area (TPSA) is 81.1 Å². The van der Waals surface area contributed by atoms with Crippen LogP contribution in [-0.2, 0) is 4.79 Å². The van der Waals surface area contributed by atoms with E-state index in [0.29, 0.717) is 12.1 Å². The first-order valence-electron chi connectivity index (χ1n) is 6.96. The average molecular weight is 239 g/mol. The normalized spacial score (nSPS) is 38.7. The van der Waals surface area contributed by atoms with Crippen LogP contribution in [0.4, 0.5) is 0 Å². The van der Waals surface area contributed by atoms with E-state index in [9.17, 15) is 4.79 Å². The standard InChI is InChI=1S/C13H25N3O/c14-10-4-6-12(7-5-10)16-13(17)9-2-1-3-11(15)8-9/h9-12H,1-8,14-15H2,(H,16,17). The van der Waals surface area contributed by atoms with Crippen LogP contribution in [-0.4, -0.2) is 24.0 Å². The molecule has 0 aromatic rings. The number of nitrogens with two attached hydrogens (primary N) is 2. The van der Waals surface area contributed by atoms with Crippen molar-refractivity contribution in [1.29, 1.82) is 0 Å². The Morgan fingerprint density at radius 2 is 1.65 bits per heavy atom. The Balaban J connectivity index is 1.76. The summed E-state index contributed by atoms with van der Waals surface area (Å²) in [6.45, 7) is 0. The molecule has 2 saturated carbocycles. The fourth-order valence-corrected chi connectivity index (χ4v) is 3.05. The summed E-state index contributed by atoms with van der Waals surface area (Å²) in [5, 5.41) is 3.18. The molecular formula is C13H25N3O. The molecule has 0 radical (unpaired) electrons. The summed E-state index contributed by atoms with van der Waals surface area (Å²) in [4.78, 5) is 12.1. The first-order valence-corrected chi connectivity index (χ1v) is 6.96. The van der Waals surface area contributed by atoms with E-state index in [1.807, 2.05) is 0 Å². The Morgan fingerprint density at radius 1 is 0.941 bits per heavy atom. The van der Waals surface area contributed by atoms with Crippen LogP contribution in [0.5, 0.6) is 0 Å². The average Bonchev–Trinajstić information content (AvgIpc) is 2.32. The van der Waals surface area contributed by atoms with Gasteiger partial charge in [-0.1, -0.05) is 6.42 Å². The van der Waals surface area contributed by atoms with E-state index >= 15 is 0 Å². The van der Waals surface area contributed by atoms with Crippen molar-refractivity contribution in [3.63, 3.8) is 0 Å². The van der Waals surface area contributed by atoms with E-state index in [1.54, 1.807) is 0 Å². The first kappa shape index (κ1) is 12.8. The molecule has 5 N–H and O–H groups in total. The van der Waals surface area contributed by atoms with Crippen LogP contribution < -0.4 is 16.8 Å². The minimum atomic E-state index is 0.148. The summed E-state index contributed by atoms with van der Waals surface area (Å²) in [5.41, 5.74) is 11.8. The van der Waals surface area contributed by atoms with Crippen molar-refractivity contribution in [2.45, 2.75) is 69.5 Å². The Hall–Kier alpha value is -0.610. The molecule has 1 amide bonds. The summed E-state index contributed by atoms with van der Waals surface area (Å²) in [6, 6.07) is 0.908. The van der Waals surface area contributed by atoms with Crippen LogP contribution >= 0.6 is 0 Å². The zero-order chi connectivity index (χ0) is 12.3. The maximum Gasteiger partial charge on any atom is 0.223 e. The molecule has 4 heteroatoms. The third-order valence-corrected chi connectivity index (χ3v) is 4.20. The van der Waals surface area contributed by atoms with Crippen molar-refractivity contribution in [3.05, 3.63) is 0 Å². The van der Waals surface area contributed by atoms with Crippen molar-refractivity contribution in [2.75, 3.05) is 0 Å². The number of nitrogens with one attached hydrogen (secondary N) is 1. The van der Waals surface area contributed by atoms with Gasteiger partial charge in [-0.15, -0.1) is 0 Å². The number of carbonyl (C=O) groups excluding carboxylic acids is 1. The Labute approximate surface area is 103 Å². The molecule has 0 aliphatic heterocycles. The molecule has 0 aromatic heterocycles. The molecule has 0 bridgehead atoms. The van der Waals surface area contributed by atoms with Gasteiger partial charge in [0.2, 0.25) is 5.91 Å². The van der Waals surface area contributed by atoms with E-state index in [1.165, 1.54) is 0 Å². The highest BCUT2D eigenvalue weighted by atomic mass is 16.1. The van der Waals surface area contributed by atoms with Gasteiger partial charge in [0.25, 0.3) is 0 Å². The highest BCUT2D eigenvalue weighted by Crippen LogP contribution is 2.24. The van der Waals surface area contributed by atoms with Gasteiger partial charge in [-0.25, -0.2) is 0 Å². The van der Waals surface area contributed by atoms with Crippen molar-refractivity contribution in [3.8, 4) is 0 Å². The van der Waals surface area contributed by atoms with Crippen LogP contribution in [0.1, 0.15) is 51.4 Å². The second-order valence-electron chi connectivity index (χ2n) is 5.74. The Morgan fingerprint density at radius 3 is 2.29 bits per heavy atom. The molecule has 0 spiro atoms. The van der Waals surface area contributed by atoms with Gasteiger partial charge in [-0.05, 0) is 44.9 Å². The quantitative estimate of drug-likeness (QED) is 0.669. The summed E-state index contributed by atoms with van der Waals surface area (Å²) >= 11 is 0. The second kappa shape index (κ2) is 5.83. The Bertz CT molecular complexity index is 261. The van der Waals surface area contributed by atoms with Gasteiger partial charge in [0.1, 0.15) is 0 Å². The molecular weight excluding hydrogens is 214 g/mol. The van der Waals surface area contributed by atoms with Gasteiger partial charge in [-0.2, -0.15) is 0 Å². The fraction of sp³-hybridized carbons (Fsp3) is 0.923. The van der Waals surface area contributed by atoms with Crippen molar-refractivity contribution in [1.82, 2.24) is 5.32 Å². The molecule has 4 nitrogen and oxygen atoms in total. The van der Waals surface area contributed by atoms with Crippen LogP contribution in [0.15, 0.2) is 0 Å². The van der Waals surface area contributed by atoms with Gasteiger partial charge >= 0.3 is 0 Å². The lowest BCUT2D eigenvalue weighted by Crippen LogP contribution is -2.44. The van der Waals surface area contributed by atoms with Gasteiger partial charge in [0, 0.05) is 24.0 Å². The minimum Gasteiger partial charge on any atom is -0.353 e. The Kier molecular flexibility index (Phi) is 4.40. The molecule has 2 fully saturated rings. The molecule has 0 aromatic carbocycles. The summed E-state index contributed by atoms with van der Waals surface area (Å²) in [5.74, 6) is 0.370. The number of hydrogen-bond acceptors (Lipinski definition) is 3. The zero-order valence-electron chi connectivity index (χ0n) is 10.5. The number of carbonyl (C=O) groups is 1. The molecule has 0 heterocycles. The van der Waals surface area contributed by atoms with E-state index in [0.717, 1.165) is 51.4 Å². The molecule has 2 aliphatic carbocycles.